The van der Waals surface area contributed by atoms with Gasteiger partial charge in [0.2, 0.25) is 5.91 Å². The maximum absolute atomic E-state index is 12.9. The van der Waals surface area contributed by atoms with Gasteiger partial charge in [0.25, 0.3) is 0 Å². The van der Waals surface area contributed by atoms with E-state index < -0.39 is 0 Å². The second kappa shape index (κ2) is 8.79. The molecule has 32 heavy (non-hydrogen) atoms. The third-order valence-corrected chi connectivity index (χ3v) is 6.36. The molecule has 2 heterocycles. The fourth-order valence-electron chi connectivity index (χ4n) is 4.37. The molecular formula is C26H24BrN3O2. The van der Waals surface area contributed by atoms with Crippen molar-refractivity contribution in [2.45, 2.75) is 25.8 Å². The summed E-state index contributed by atoms with van der Waals surface area (Å²) in [6.45, 7) is 3.89. The highest BCUT2D eigenvalue weighted by Gasteiger charge is 2.34. The van der Waals surface area contributed by atoms with E-state index in [2.05, 4.69) is 39.6 Å². The Morgan fingerprint density at radius 1 is 1.06 bits per heavy atom. The van der Waals surface area contributed by atoms with E-state index in [4.69, 9.17) is 9.72 Å². The minimum absolute atomic E-state index is 0.0350. The van der Waals surface area contributed by atoms with Gasteiger partial charge in [0, 0.05) is 29.0 Å². The number of para-hydroxylation sites is 2. The van der Waals surface area contributed by atoms with Crippen LogP contribution in [0.25, 0.3) is 11.0 Å². The SMILES string of the molecule is Cc1cccc(OCCn2c(C3CC(=O)N(c4cccc(Br)c4)C3)nc3ccccc32)c1. The zero-order chi connectivity index (χ0) is 22.1. The van der Waals surface area contributed by atoms with E-state index >= 15 is 0 Å². The van der Waals surface area contributed by atoms with Gasteiger partial charge in [-0.25, -0.2) is 4.98 Å². The predicted octanol–water partition coefficient (Wildman–Crippen LogP) is 5.71. The van der Waals surface area contributed by atoms with Gasteiger partial charge in [-0.1, -0.05) is 46.3 Å². The maximum atomic E-state index is 12.9. The topological polar surface area (TPSA) is 47.4 Å². The van der Waals surface area contributed by atoms with Gasteiger partial charge in [-0.3, -0.25) is 4.79 Å². The Kier molecular flexibility index (Phi) is 5.70. The van der Waals surface area contributed by atoms with Gasteiger partial charge >= 0.3 is 0 Å². The minimum Gasteiger partial charge on any atom is -0.492 e. The predicted molar refractivity (Wildman–Crippen MR) is 130 cm³/mol. The van der Waals surface area contributed by atoms with Crippen molar-refractivity contribution >= 4 is 38.6 Å². The number of halogens is 1. The van der Waals surface area contributed by atoms with Crippen molar-refractivity contribution in [3.63, 3.8) is 0 Å². The first-order chi connectivity index (χ1) is 15.6. The molecule has 1 aliphatic rings. The first-order valence-electron chi connectivity index (χ1n) is 10.8. The first-order valence-corrected chi connectivity index (χ1v) is 11.6. The lowest BCUT2D eigenvalue weighted by Crippen LogP contribution is -2.24. The van der Waals surface area contributed by atoms with E-state index in [9.17, 15) is 4.79 Å². The van der Waals surface area contributed by atoms with Crippen molar-refractivity contribution < 1.29 is 9.53 Å². The van der Waals surface area contributed by atoms with Crippen LogP contribution < -0.4 is 9.64 Å². The van der Waals surface area contributed by atoms with E-state index in [-0.39, 0.29) is 11.8 Å². The minimum atomic E-state index is 0.0350. The molecule has 162 valence electrons. The molecule has 1 unspecified atom stereocenters. The zero-order valence-corrected chi connectivity index (χ0v) is 19.5. The molecule has 0 saturated carbocycles. The van der Waals surface area contributed by atoms with Gasteiger partial charge in [-0.2, -0.15) is 0 Å². The fourth-order valence-corrected chi connectivity index (χ4v) is 4.76. The van der Waals surface area contributed by atoms with Crippen LogP contribution in [0, 0.1) is 6.92 Å². The monoisotopic (exact) mass is 489 g/mol. The van der Waals surface area contributed by atoms with Crippen LogP contribution >= 0.6 is 15.9 Å². The summed E-state index contributed by atoms with van der Waals surface area (Å²) in [5.74, 6) is 1.98. The van der Waals surface area contributed by atoms with Gasteiger partial charge in [-0.05, 0) is 55.0 Å². The number of carbonyl (C=O) groups excluding carboxylic acids is 1. The number of fused-ring (bicyclic) bond motifs is 1. The molecule has 0 N–H and O–H groups in total. The van der Waals surface area contributed by atoms with Gasteiger partial charge in [0.05, 0.1) is 17.6 Å². The molecule has 1 aliphatic heterocycles. The standard InChI is InChI=1S/C26H24BrN3O2/c1-18-6-4-9-22(14-18)32-13-12-29-24-11-3-2-10-23(24)28-26(29)19-15-25(31)30(17-19)21-8-5-7-20(27)16-21/h2-11,14,16,19H,12-13,15,17H2,1H3. The van der Waals surface area contributed by atoms with Crippen molar-refractivity contribution in [2.75, 3.05) is 18.1 Å². The number of nitrogens with zero attached hydrogens (tertiary/aromatic N) is 3. The number of rotatable bonds is 6. The summed E-state index contributed by atoms with van der Waals surface area (Å²) >= 11 is 3.51. The summed E-state index contributed by atoms with van der Waals surface area (Å²) in [4.78, 5) is 19.7. The molecule has 5 nitrogen and oxygen atoms in total. The quantitative estimate of drug-likeness (QED) is 0.348. The van der Waals surface area contributed by atoms with Crippen molar-refractivity contribution in [3.8, 4) is 5.75 Å². The van der Waals surface area contributed by atoms with Crippen molar-refractivity contribution in [1.82, 2.24) is 9.55 Å². The molecule has 1 amide bonds. The summed E-state index contributed by atoms with van der Waals surface area (Å²) in [5, 5.41) is 0. The van der Waals surface area contributed by atoms with E-state index in [1.165, 1.54) is 5.56 Å². The highest BCUT2D eigenvalue weighted by Crippen LogP contribution is 2.34. The summed E-state index contributed by atoms with van der Waals surface area (Å²) < 4.78 is 9.20. The molecule has 3 aromatic carbocycles. The number of hydrogen-bond donors (Lipinski definition) is 0. The van der Waals surface area contributed by atoms with Crippen molar-refractivity contribution in [1.29, 1.82) is 0 Å². The average molecular weight is 490 g/mol. The van der Waals surface area contributed by atoms with Crippen LogP contribution in [0.15, 0.2) is 77.3 Å². The first kappa shape index (κ1) is 20.8. The van der Waals surface area contributed by atoms with Crippen LogP contribution in [0.3, 0.4) is 0 Å². The lowest BCUT2D eigenvalue weighted by molar-refractivity contribution is -0.117. The smallest absolute Gasteiger partial charge is 0.227 e. The number of ether oxygens (including phenoxy) is 1. The number of hydrogen-bond acceptors (Lipinski definition) is 3. The largest absolute Gasteiger partial charge is 0.492 e. The molecule has 1 fully saturated rings. The highest BCUT2D eigenvalue weighted by atomic mass is 79.9. The van der Waals surface area contributed by atoms with Crippen LogP contribution in [0.4, 0.5) is 5.69 Å². The number of carbonyl (C=O) groups is 1. The Labute approximate surface area is 195 Å². The summed E-state index contributed by atoms with van der Waals surface area (Å²) in [7, 11) is 0. The third-order valence-electron chi connectivity index (χ3n) is 5.87. The van der Waals surface area contributed by atoms with Gasteiger partial charge in [0.15, 0.2) is 0 Å². The molecule has 4 aromatic rings. The van der Waals surface area contributed by atoms with E-state index in [1.807, 2.05) is 65.6 Å². The Balaban J connectivity index is 1.41. The van der Waals surface area contributed by atoms with Crippen LogP contribution in [0.2, 0.25) is 0 Å². The Morgan fingerprint density at radius 2 is 1.91 bits per heavy atom. The fraction of sp³-hybridized carbons (Fsp3) is 0.231. The number of imidazole rings is 1. The number of anilines is 1. The molecule has 5 rings (SSSR count). The lowest BCUT2D eigenvalue weighted by Gasteiger charge is -2.18. The molecule has 1 saturated heterocycles. The molecule has 0 spiro atoms. The van der Waals surface area contributed by atoms with Crippen LogP contribution in [0.5, 0.6) is 5.75 Å². The maximum Gasteiger partial charge on any atom is 0.227 e. The molecule has 0 aliphatic carbocycles. The zero-order valence-electron chi connectivity index (χ0n) is 17.9. The molecule has 1 aromatic heterocycles. The normalized spacial score (nSPS) is 16.1. The van der Waals surface area contributed by atoms with Crippen molar-refractivity contribution in [3.05, 3.63) is 88.7 Å². The third kappa shape index (κ3) is 4.15. The number of aromatic nitrogens is 2. The van der Waals surface area contributed by atoms with Gasteiger partial charge in [0.1, 0.15) is 18.2 Å². The molecule has 1 atom stereocenters. The Bertz CT molecular complexity index is 1280. The molecule has 0 radical (unpaired) electrons. The van der Waals surface area contributed by atoms with Crippen LogP contribution in [-0.4, -0.2) is 28.6 Å². The molecule has 6 heteroatoms. The van der Waals surface area contributed by atoms with Gasteiger partial charge in [-0.15, -0.1) is 0 Å². The highest BCUT2D eigenvalue weighted by molar-refractivity contribution is 9.10. The summed E-state index contributed by atoms with van der Waals surface area (Å²) in [6, 6.07) is 24.1. The van der Waals surface area contributed by atoms with Crippen molar-refractivity contribution in [2.24, 2.45) is 0 Å². The van der Waals surface area contributed by atoms with Crippen LogP contribution in [-0.2, 0) is 11.3 Å². The van der Waals surface area contributed by atoms with Crippen LogP contribution in [0.1, 0.15) is 23.7 Å². The Hall–Kier alpha value is -3.12. The van der Waals surface area contributed by atoms with Gasteiger partial charge < -0.3 is 14.2 Å². The molecule has 0 bridgehead atoms. The van der Waals surface area contributed by atoms with E-state index in [1.54, 1.807) is 0 Å². The lowest BCUT2D eigenvalue weighted by atomic mass is 10.1. The number of aryl methyl sites for hydroxylation is 1. The summed E-state index contributed by atoms with van der Waals surface area (Å²) in [6.07, 6.45) is 0.453. The second-order valence-electron chi connectivity index (χ2n) is 8.16. The number of benzene rings is 3. The number of amides is 1. The Morgan fingerprint density at radius 3 is 2.75 bits per heavy atom. The van der Waals surface area contributed by atoms with E-state index in [0.717, 1.165) is 32.8 Å². The molecular weight excluding hydrogens is 466 g/mol. The second-order valence-corrected chi connectivity index (χ2v) is 9.08. The average Bonchev–Trinajstić information content (AvgIpc) is 3.34. The van der Waals surface area contributed by atoms with E-state index in [0.29, 0.717) is 26.1 Å². The summed E-state index contributed by atoms with van der Waals surface area (Å²) in [5.41, 5.74) is 4.11.